The van der Waals surface area contributed by atoms with Gasteiger partial charge in [0.1, 0.15) is 0 Å². The van der Waals surface area contributed by atoms with E-state index in [9.17, 15) is 0 Å². The van der Waals surface area contributed by atoms with Gasteiger partial charge in [0.05, 0.1) is 0 Å². The molecule has 0 aromatic carbocycles. The van der Waals surface area contributed by atoms with Crippen LogP contribution in [0, 0.1) is 0 Å². The molecule has 0 amide bonds. The molecule has 0 aliphatic carbocycles. The van der Waals surface area contributed by atoms with Gasteiger partial charge in [0, 0.05) is 5.70 Å². The van der Waals surface area contributed by atoms with E-state index in [1.165, 1.54) is 0 Å². The van der Waals surface area contributed by atoms with Crippen LogP contribution in [0.5, 0.6) is 0 Å². The van der Waals surface area contributed by atoms with Gasteiger partial charge in [0.2, 0.25) is 0 Å². The zero-order valence-corrected chi connectivity index (χ0v) is 6.89. The molecule has 0 spiro atoms. The number of allylic oxidation sites excluding steroid dienone is 6. The molecule has 0 fully saturated rings. The van der Waals surface area contributed by atoms with Crippen molar-refractivity contribution in [1.82, 2.24) is 0 Å². The van der Waals surface area contributed by atoms with Gasteiger partial charge >= 0.3 is 0 Å². The molecule has 0 heterocycles. The second-order valence-electron chi connectivity index (χ2n) is 2.25. The molecule has 0 atom stereocenters. The lowest BCUT2D eigenvalue weighted by Gasteiger charge is -1.92. The Hall–Kier alpha value is -0.980. The molecule has 2 N–H and O–H groups in total. The second kappa shape index (κ2) is 4.86. The molecular formula is C9H15N. The summed E-state index contributed by atoms with van der Waals surface area (Å²) in [5.41, 5.74) is 7.52. The minimum Gasteiger partial charge on any atom is -0.402 e. The number of hydrogen-bond donors (Lipinski definition) is 1. The summed E-state index contributed by atoms with van der Waals surface area (Å²) in [6, 6.07) is 0. The van der Waals surface area contributed by atoms with Gasteiger partial charge in [-0.2, -0.15) is 0 Å². The van der Waals surface area contributed by atoms with Gasteiger partial charge in [-0.15, -0.1) is 0 Å². The van der Waals surface area contributed by atoms with Gasteiger partial charge in [-0.3, -0.25) is 0 Å². The lowest BCUT2D eigenvalue weighted by atomic mass is 10.2. The molecular weight excluding hydrogens is 122 g/mol. The first-order valence-electron chi connectivity index (χ1n) is 3.40. The Labute approximate surface area is 62.9 Å². The highest BCUT2D eigenvalue weighted by molar-refractivity contribution is 5.23. The highest BCUT2D eigenvalue weighted by atomic mass is 14.5. The van der Waals surface area contributed by atoms with Gasteiger partial charge < -0.3 is 5.73 Å². The van der Waals surface area contributed by atoms with E-state index in [1.54, 1.807) is 0 Å². The number of nitrogens with two attached hydrogens (primary N) is 1. The fourth-order valence-corrected chi connectivity index (χ4v) is 0.442. The van der Waals surface area contributed by atoms with E-state index < -0.39 is 0 Å². The Morgan fingerprint density at radius 2 is 1.80 bits per heavy atom. The van der Waals surface area contributed by atoms with E-state index in [0.717, 1.165) is 11.3 Å². The molecule has 56 valence electrons. The Morgan fingerprint density at radius 1 is 1.20 bits per heavy atom. The van der Waals surface area contributed by atoms with Crippen molar-refractivity contribution >= 4 is 0 Å². The smallest absolute Gasteiger partial charge is 0.00785 e. The third kappa shape index (κ3) is 3.96. The molecule has 0 bridgehead atoms. The van der Waals surface area contributed by atoms with Gasteiger partial charge in [-0.25, -0.2) is 0 Å². The van der Waals surface area contributed by atoms with Gasteiger partial charge in [0.25, 0.3) is 0 Å². The van der Waals surface area contributed by atoms with Crippen molar-refractivity contribution < 1.29 is 0 Å². The van der Waals surface area contributed by atoms with Crippen LogP contribution in [0.1, 0.15) is 20.8 Å². The lowest BCUT2D eigenvalue weighted by Crippen LogP contribution is -1.92. The quantitative estimate of drug-likeness (QED) is 0.581. The van der Waals surface area contributed by atoms with Crippen LogP contribution in [0.25, 0.3) is 0 Å². The van der Waals surface area contributed by atoms with Crippen molar-refractivity contribution in [3.8, 4) is 0 Å². The van der Waals surface area contributed by atoms with Crippen molar-refractivity contribution in [3.63, 3.8) is 0 Å². The monoisotopic (exact) mass is 137 g/mol. The van der Waals surface area contributed by atoms with E-state index in [2.05, 4.69) is 0 Å². The minimum atomic E-state index is 0.876. The fraction of sp³-hybridized carbons (Fsp3) is 0.333. The molecule has 1 heteroatoms. The highest BCUT2D eigenvalue weighted by Gasteiger charge is 1.82. The summed E-state index contributed by atoms with van der Waals surface area (Å²) >= 11 is 0. The molecule has 1 nitrogen and oxygen atoms in total. The Morgan fingerprint density at radius 3 is 2.20 bits per heavy atom. The van der Waals surface area contributed by atoms with Gasteiger partial charge in [0.15, 0.2) is 0 Å². The fourth-order valence-electron chi connectivity index (χ4n) is 0.442. The Bertz CT molecular complexity index is 169. The van der Waals surface area contributed by atoms with E-state index in [1.807, 2.05) is 45.1 Å². The van der Waals surface area contributed by atoms with Gasteiger partial charge in [-0.1, -0.05) is 24.3 Å². The van der Waals surface area contributed by atoms with E-state index in [4.69, 9.17) is 5.73 Å². The Balaban J connectivity index is 4.03. The molecule has 0 aliphatic rings. The van der Waals surface area contributed by atoms with Crippen LogP contribution in [-0.2, 0) is 0 Å². The summed E-state index contributed by atoms with van der Waals surface area (Å²) in [6.07, 6.45) is 7.93. The van der Waals surface area contributed by atoms with Crippen molar-refractivity contribution in [1.29, 1.82) is 0 Å². The predicted octanol–water partition coefficient (Wildman–Crippen LogP) is 2.37. The van der Waals surface area contributed by atoms with Crippen LogP contribution in [0.3, 0.4) is 0 Å². The van der Waals surface area contributed by atoms with Crippen LogP contribution in [0.2, 0.25) is 0 Å². The maximum Gasteiger partial charge on any atom is 0.00785 e. The first-order chi connectivity index (χ1) is 4.68. The van der Waals surface area contributed by atoms with E-state index >= 15 is 0 Å². The molecule has 0 aliphatic heterocycles. The third-order valence-corrected chi connectivity index (χ3v) is 1.27. The third-order valence-electron chi connectivity index (χ3n) is 1.27. The molecule has 0 radical (unpaired) electrons. The van der Waals surface area contributed by atoms with Crippen LogP contribution in [0.4, 0.5) is 0 Å². The normalized spacial score (nSPS) is 14.7. The summed E-state index contributed by atoms with van der Waals surface area (Å²) in [5, 5.41) is 0. The molecule has 0 saturated heterocycles. The Kier molecular flexibility index (Phi) is 4.38. The first-order valence-corrected chi connectivity index (χ1v) is 3.40. The van der Waals surface area contributed by atoms with Crippen LogP contribution < -0.4 is 5.73 Å². The number of rotatable bonds is 2. The highest BCUT2D eigenvalue weighted by Crippen LogP contribution is 1.98. The summed E-state index contributed by atoms with van der Waals surface area (Å²) in [6.45, 7) is 5.88. The summed E-state index contributed by atoms with van der Waals surface area (Å²) in [7, 11) is 0. The molecule has 0 aromatic rings. The number of hydrogen-bond acceptors (Lipinski definition) is 1. The average molecular weight is 137 g/mol. The minimum absolute atomic E-state index is 0.876. The van der Waals surface area contributed by atoms with Crippen molar-refractivity contribution in [2.45, 2.75) is 20.8 Å². The first kappa shape index (κ1) is 9.02. The standard InChI is InChI=1S/C9H15N/c1-4-5-6-7-8(2)9(3)10/h4-7H,10H2,1-3H3/b5-4-,7-6-,9-8+. The van der Waals surface area contributed by atoms with Crippen molar-refractivity contribution in [2.75, 3.05) is 0 Å². The van der Waals surface area contributed by atoms with Crippen LogP contribution in [-0.4, -0.2) is 0 Å². The molecule has 0 saturated carbocycles. The maximum absolute atomic E-state index is 5.52. The summed E-state index contributed by atoms with van der Waals surface area (Å²) < 4.78 is 0. The topological polar surface area (TPSA) is 26.0 Å². The zero-order chi connectivity index (χ0) is 7.98. The maximum atomic E-state index is 5.52. The van der Waals surface area contributed by atoms with Gasteiger partial charge in [-0.05, 0) is 26.3 Å². The summed E-state index contributed by atoms with van der Waals surface area (Å²) in [4.78, 5) is 0. The largest absolute Gasteiger partial charge is 0.402 e. The average Bonchev–Trinajstić information content (AvgIpc) is 1.88. The SMILES string of the molecule is C\C=C/C=C\C(C)=C(/C)N. The van der Waals surface area contributed by atoms with Crippen LogP contribution >= 0.6 is 0 Å². The zero-order valence-electron chi connectivity index (χ0n) is 6.89. The van der Waals surface area contributed by atoms with Crippen molar-refractivity contribution in [3.05, 3.63) is 35.6 Å². The summed E-state index contributed by atoms with van der Waals surface area (Å²) in [5.74, 6) is 0. The van der Waals surface area contributed by atoms with E-state index in [-0.39, 0.29) is 0 Å². The molecule has 0 unspecified atom stereocenters. The second-order valence-corrected chi connectivity index (χ2v) is 2.25. The molecule has 10 heavy (non-hydrogen) atoms. The van der Waals surface area contributed by atoms with Crippen LogP contribution in [0.15, 0.2) is 35.6 Å². The molecule has 0 rings (SSSR count). The lowest BCUT2D eigenvalue weighted by molar-refractivity contribution is 1.24. The van der Waals surface area contributed by atoms with Crippen molar-refractivity contribution in [2.24, 2.45) is 5.73 Å². The predicted molar refractivity (Wildman–Crippen MR) is 46.5 cm³/mol. The molecule has 0 aromatic heterocycles. The van der Waals surface area contributed by atoms with E-state index in [0.29, 0.717) is 0 Å².